The molecule has 0 saturated heterocycles. The van der Waals surface area contributed by atoms with Gasteiger partial charge in [0.1, 0.15) is 0 Å². The van der Waals surface area contributed by atoms with Gasteiger partial charge in [-0.05, 0) is 43.0 Å². The molecule has 8 heteroatoms. The van der Waals surface area contributed by atoms with Crippen molar-refractivity contribution < 1.29 is 22.8 Å². The molecule has 0 unspecified atom stereocenters. The highest BCUT2D eigenvalue weighted by molar-refractivity contribution is 6.03. The summed E-state index contributed by atoms with van der Waals surface area (Å²) >= 11 is 0. The van der Waals surface area contributed by atoms with Gasteiger partial charge in [0.25, 0.3) is 0 Å². The van der Waals surface area contributed by atoms with Gasteiger partial charge in [0.05, 0.1) is 18.0 Å². The summed E-state index contributed by atoms with van der Waals surface area (Å²) in [5.74, 6) is -0.934. The second-order valence-electron chi connectivity index (χ2n) is 8.25. The number of benzene rings is 1. The average Bonchev–Trinajstić information content (AvgIpc) is 3.08. The summed E-state index contributed by atoms with van der Waals surface area (Å²) in [5, 5.41) is 0.892. The number of alkyl halides is 3. The van der Waals surface area contributed by atoms with Gasteiger partial charge in [0, 0.05) is 44.2 Å². The average molecular weight is 433 g/mol. The second-order valence-corrected chi connectivity index (χ2v) is 8.25. The Kier molecular flexibility index (Phi) is 5.45. The number of aromatic nitrogens is 1. The van der Waals surface area contributed by atoms with Crippen molar-refractivity contribution in [2.75, 3.05) is 26.2 Å². The topological polar surface area (TPSA) is 45.6 Å². The third kappa shape index (κ3) is 3.78. The smallest absolute Gasteiger partial charge is 0.343 e. The molecule has 4 rings (SSSR count). The molecule has 166 valence electrons. The van der Waals surface area contributed by atoms with Crippen molar-refractivity contribution in [3.05, 3.63) is 41.6 Å². The standard InChI is InChI=1S/C23H26F3N3O2/c1-4-27(5-2)22(31)16-9-18-17-7-6-8-19-21(17)15(12-29(19)14(3)30)10-20(18)28(11-16)13-23(24,25)26/h6-9,12,16,20H,4-5,10-11,13H2,1-3H3/t16-,20-/m1/s1. The lowest BCUT2D eigenvalue weighted by Gasteiger charge is -2.42. The predicted octanol–water partition coefficient (Wildman–Crippen LogP) is 3.97. The molecular formula is C23H26F3N3O2. The molecule has 0 N–H and O–H groups in total. The summed E-state index contributed by atoms with van der Waals surface area (Å²) in [7, 11) is 0. The van der Waals surface area contributed by atoms with Crippen LogP contribution in [-0.4, -0.2) is 64.6 Å². The Hall–Kier alpha value is -2.61. The van der Waals surface area contributed by atoms with Crippen LogP contribution in [0.5, 0.6) is 0 Å². The number of carbonyl (C=O) groups is 2. The first-order valence-electron chi connectivity index (χ1n) is 10.6. The minimum Gasteiger partial charge on any atom is -0.343 e. The van der Waals surface area contributed by atoms with E-state index in [4.69, 9.17) is 0 Å². The summed E-state index contributed by atoms with van der Waals surface area (Å²) in [4.78, 5) is 28.2. The maximum atomic E-state index is 13.4. The number of fused-ring (bicyclic) bond motifs is 2. The lowest BCUT2D eigenvalue weighted by Crippen LogP contribution is -2.52. The molecule has 5 nitrogen and oxygen atoms in total. The second kappa shape index (κ2) is 7.82. The van der Waals surface area contributed by atoms with Crippen LogP contribution in [0.1, 0.15) is 36.7 Å². The molecule has 1 aromatic heterocycles. The third-order valence-corrected chi connectivity index (χ3v) is 6.36. The fourth-order valence-corrected chi connectivity index (χ4v) is 5.02. The molecule has 1 aromatic carbocycles. The molecule has 2 atom stereocenters. The van der Waals surface area contributed by atoms with Crippen LogP contribution in [0.3, 0.4) is 0 Å². The lowest BCUT2D eigenvalue weighted by molar-refractivity contribution is -0.153. The maximum absolute atomic E-state index is 13.4. The van der Waals surface area contributed by atoms with E-state index in [1.165, 1.54) is 11.8 Å². The first kappa shape index (κ1) is 21.6. The first-order chi connectivity index (χ1) is 14.6. The van der Waals surface area contributed by atoms with E-state index < -0.39 is 24.7 Å². The molecule has 1 aliphatic carbocycles. The Balaban J connectivity index is 1.86. The Labute approximate surface area is 179 Å². The Morgan fingerprint density at radius 1 is 1.19 bits per heavy atom. The summed E-state index contributed by atoms with van der Waals surface area (Å²) in [6.45, 7) is 5.18. The number of hydrogen-bond donors (Lipinski definition) is 0. The van der Waals surface area contributed by atoms with Crippen molar-refractivity contribution in [3.8, 4) is 0 Å². The molecule has 0 fully saturated rings. The summed E-state index contributed by atoms with van der Waals surface area (Å²) in [5.41, 5.74) is 3.18. The van der Waals surface area contributed by atoms with Crippen molar-refractivity contribution in [1.29, 1.82) is 0 Å². The van der Waals surface area contributed by atoms with Gasteiger partial charge < -0.3 is 4.90 Å². The predicted molar refractivity (Wildman–Crippen MR) is 113 cm³/mol. The fraction of sp³-hybridized carbons (Fsp3) is 0.478. The highest BCUT2D eigenvalue weighted by atomic mass is 19.4. The number of halogens is 3. The van der Waals surface area contributed by atoms with Crippen LogP contribution in [0.2, 0.25) is 0 Å². The minimum atomic E-state index is -4.37. The molecule has 2 heterocycles. The van der Waals surface area contributed by atoms with E-state index in [9.17, 15) is 22.8 Å². The number of carbonyl (C=O) groups excluding carboxylic acids is 2. The van der Waals surface area contributed by atoms with Gasteiger partial charge in [0.2, 0.25) is 11.8 Å². The largest absolute Gasteiger partial charge is 0.401 e. The zero-order chi connectivity index (χ0) is 22.5. The van der Waals surface area contributed by atoms with E-state index in [-0.39, 0.29) is 18.4 Å². The van der Waals surface area contributed by atoms with E-state index in [1.54, 1.807) is 15.7 Å². The molecule has 2 aromatic rings. The van der Waals surface area contributed by atoms with Crippen molar-refractivity contribution in [1.82, 2.24) is 14.4 Å². The van der Waals surface area contributed by atoms with E-state index >= 15 is 0 Å². The molecule has 0 saturated carbocycles. The Morgan fingerprint density at radius 2 is 1.90 bits per heavy atom. The van der Waals surface area contributed by atoms with Gasteiger partial charge in [-0.25, -0.2) is 0 Å². The zero-order valence-electron chi connectivity index (χ0n) is 17.9. The maximum Gasteiger partial charge on any atom is 0.401 e. The zero-order valence-corrected chi connectivity index (χ0v) is 17.9. The van der Waals surface area contributed by atoms with E-state index in [0.717, 1.165) is 27.6 Å². The fourth-order valence-electron chi connectivity index (χ4n) is 5.02. The Bertz CT molecular complexity index is 1070. The van der Waals surface area contributed by atoms with Gasteiger partial charge >= 0.3 is 6.18 Å². The summed E-state index contributed by atoms with van der Waals surface area (Å²) in [6, 6.07) is 5.06. The number of rotatable bonds is 4. The van der Waals surface area contributed by atoms with E-state index in [1.807, 2.05) is 38.1 Å². The van der Waals surface area contributed by atoms with Gasteiger partial charge in [-0.2, -0.15) is 13.2 Å². The van der Waals surface area contributed by atoms with Crippen molar-refractivity contribution in [2.45, 2.75) is 39.4 Å². The van der Waals surface area contributed by atoms with Crippen LogP contribution in [-0.2, 0) is 11.2 Å². The normalized spacial score (nSPS) is 21.0. The van der Waals surface area contributed by atoms with Gasteiger partial charge in [-0.15, -0.1) is 0 Å². The Morgan fingerprint density at radius 3 is 2.52 bits per heavy atom. The van der Waals surface area contributed by atoms with Crippen LogP contribution in [0.15, 0.2) is 30.5 Å². The third-order valence-electron chi connectivity index (χ3n) is 6.36. The molecule has 2 aliphatic rings. The molecule has 1 amide bonds. The van der Waals surface area contributed by atoms with Gasteiger partial charge in [-0.1, -0.05) is 18.2 Å². The highest BCUT2D eigenvalue weighted by Crippen LogP contribution is 2.43. The van der Waals surface area contributed by atoms with E-state index in [2.05, 4.69) is 0 Å². The van der Waals surface area contributed by atoms with Crippen LogP contribution in [0.25, 0.3) is 16.5 Å². The van der Waals surface area contributed by atoms with Crippen LogP contribution < -0.4 is 0 Å². The monoisotopic (exact) mass is 433 g/mol. The van der Waals surface area contributed by atoms with Crippen LogP contribution in [0.4, 0.5) is 13.2 Å². The minimum absolute atomic E-state index is 0.0295. The highest BCUT2D eigenvalue weighted by Gasteiger charge is 2.42. The van der Waals surface area contributed by atoms with Gasteiger partial charge in [0.15, 0.2) is 0 Å². The number of hydrogen-bond acceptors (Lipinski definition) is 3. The first-order valence-corrected chi connectivity index (χ1v) is 10.6. The van der Waals surface area contributed by atoms with E-state index in [0.29, 0.717) is 19.5 Å². The molecule has 0 radical (unpaired) electrons. The molecule has 0 bridgehead atoms. The quantitative estimate of drug-likeness (QED) is 0.733. The molecular weight excluding hydrogens is 407 g/mol. The SMILES string of the molecule is CCN(CC)C(=O)[C@@H]1C=C2c3cccc4c3c(cn4C(C)=O)C[C@H]2N(CC(F)(F)F)C1. The van der Waals surface area contributed by atoms with Gasteiger partial charge in [-0.3, -0.25) is 19.1 Å². The number of amides is 1. The van der Waals surface area contributed by atoms with Crippen molar-refractivity contribution in [3.63, 3.8) is 0 Å². The van der Waals surface area contributed by atoms with Crippen LogP contribution >= 0.6 is 0 Å². The molecule has 0 spiro atoms. The lowest BCUT2D eigenvalue weighted by atomic mass is 9.79. The number of nitrogens with zero attached hydrogens (tertiary/aromatic N) is 3. The molecule has 1 aliphatic heterocycles. The van der Waals surface area contributed by atoms with Crippen molar-refractivity contribution in [2.24, 2.45) is 5.92 Å². The summed E-state index contributed by atoms with van der Waals surface area (Å²) < 4.78 is 41.9. The summed E-state index contributed by atoms with van der Waals surface area (Å²) in [6.07, 6.45) is -0.391. The van der Waals surface area contributed by atoms with Crippen molar-refractivity contribution >= 4 is 28.3 Å². The molecule has 31 heavy (non-hydrogen) atoms. The van der Waals surface area contributed by atoms with Crippen LogP contribution in [0, 0.1) is 5.92 Å².